The molecule has 0 aliphatic rings. The first-order chi connectivity index (χ1) is 18.5. The lowest BCUT2D eigenvalue weighted by Crippen LogP contribution is -2.20. The summed E-state index contributed by atoms with van der Waals surface area (Å²) in [6.45, 7) is 1.89. The van der Waals surface area contributed by atoms with Crippen LogP contribution in [0.2, 0.25) is 0 Å². The number of amides is 2. The van der Waals surface area contributed by atoms with E-state index in [-0.39, 0.29) is 18.4 Å². The highest BCUT2D eigenvalue weighted by atomic mass is 32.2. The standard InChI is InChI=1S/C31H29N3O3S/c1-23-7-15-28(16-8-23)33-30(35)20-37-29-17-11-24(12-18-29)19-32-34-31(36)27-13-9-26(10-14-27)22-38-21-25-5-3-2-4-6-25/h2-19H,20-22H2,1H3,(H,33,35)(H,34,36)/b32-19-. The molecule has 6 nitrogen and oxygen atoms in total. The van der Waals surface area contributed by atoms with Gasteiger partial charge in [0.2, 0.25) is 0 Å². The highest BCUT2D eigenvalue weighted by molar-refractivity contribution is 7.97. The number of benzene rings is 4. The number of carbonyl (C=O) groups excluding carboxylic acids is 2. The molecule has 0 aliphatic heterocycles. The second-order valence-electron chi connectivity index (χ2n) is 8.65. The van der Waals surface area contributed by atoms with Crippen molar-refractivity contribution >= 4 is 35.5 Å². The Kier molecular flexibility index (Phi) is 9.70. The second-order valence-corrected chi connectivity index (χ2v) is 9.63. The maximum Gasteiger partial charge on any atom is 0.271 e. The number of thioether (sulfide) groups is 1. The number of ether oxygens (including phenoxy) is 1. The van der Waals surface area contributed by atoms with Crippen LogP contribution in [0.3, 0.4) is 0 Å². The molecule has 4 aromatic carbocycles. The molecule has 0 heterocycles. The monoisotopic (exact) mass is 523 g/mol. The lowest BCUT2D eigenvalue weighted by molar-refractivity contribution is -0.118. The zero-order valence-corrected chi connectivity index (χ0v) is 21.9. The van der Waals surface area contributed by atoms with Gasteiger partial charge in [0.1, 0.15) is 5.75 Å². The Morgan fingerprint density at radius 3 is 2.16 bits per heavy atom. The summed E-state index contributed by atoms with van der Waals surface area (Å²) in [7, 11) is 0. The zero-order chi connectivity index (χ0) is 26.6. The van der Waals surface area contributed by atoms with Gasteiger partial charge in [-0.25, -0.2) is 5.43 Å². The molecule has 0 aliphatic carbocycles. The van der Waals surface area contributed by atoms with E-state index in [1.54, 1.807) is 30.5 Å². The van der Waals surface area contributed by atoms with Crippen LogP contribution in [0.15, 0.2) is 108 Å². The van der Waals surface area contributed by atoms with Crippen LogP contribution in [0, 0.1) is 6.92 Å². The fourth-order valence-corrected chi connectivity index (χ4v) is 4.43. The Bertz CT molecular complexity index is 1350. The SMILES string of the molecule is Cc1ccc(NC(=O)COc2ccc(/C=N\NC(=O)c3ccc(CSCc4ccccc4)cc3)cc2)cc1. The van der Waals surface area contributed by atoms with Crippen molar-refractivity contribution in [2.75, 3.05) is 11.9 Å². The molecule has 2 amide bonds. The Balaban J connectivity index is 1.18. The van der Waals surface area contributed by atoms with Gasteiger partial charge in [0.05, 0.1) is 6.21 Å². The van der Waals surface area contributed by atoms with E-state index in [2.05, 4.69) is 28.0 Å². The lowest BCUT2D eigenvalue weighted by Gasteiger charge is -2.08. The molecule has 4 aromatic rings. The van der Waals surface area contributed by atoms with Crippen molar-refractivity contribution in [3.05, 3.63) is 131 Å². The normalized spacial score (nSPS) is 10.8. The molecule has 38 heavy (non-hydrogen) atoms. The summed E-state index contributed by atoms with van der Waals surface area (Å²) in [6.07, 6.45) is 1.56. The molecule has 0 unspecified atom stereocenters. The summed E-state index contributed by atoms with van der Waals surface area (Å²) in [5, 5.41) is 6.84. The molecule has 0 aromatic heterocycles. The maximum absolute atomic E-state index is 12.4. The quantitative estimate of drug-likeness (QED) is 0.181. The summed E-state index contributed by atoms with van der Waals surface area (Å²) >= 11 is 1.84. The van der Waals surface area contributed by atoms with Gasteiger partial charge in [0.15, 0.2) is 6.61 Å². The summed E-state index contributed by atoms with van der Waals surface area (Å²) in [5.41, 5.74) is 8.21. The second kappa shape index (κ2) is 13.8. The van der Waals surface area contributed by atoms with Crippen molar-refractivity contribution in [2.45, 2.75) is 18.4 Å². The van der Waals surface area contributed by atoms with E-state index in [1.165, 1.54) is 11.1 Å². The summed E-state index contributed by atoms with van der Waals surface area (Å²) in [6, 6.07) is 32.6. The van der Waals surface area contributed by atoms with Gasteiger partial charge < -0.3 is 10.1 Å². The molecule has 0 spiro atoms. The first-order valence-electron chi connectivity index (χ1n) is 12.2. The fourth-order valence-electron chi connectivity index (χ4n) is 3.48. The molecule has 0 saturated heterocycles. The maximum atomic E-state index is 12.4. The minimum absolute atomic E-state index is 0.0954. The third-order valence-electron chi connectivity index (χ3n) is 5.56. The summed E-state index contributed by atoms with van der Waals surface area (Å²) in [5.74, 6) is 1.89. The highest BCUT2D eigenvalue weighted by Gasteiger charge is 2.06. The summed E-state index contributed by atoms with van der Waals surface area (Å²) in [4.78, 5) is 24.5. The van der Waals surface area contributed by atoms with Gasteiger partial charge in [-0.05, 0) is 72.1 Å². The molecule has 0 bridgehead atoms. The molecular weight excluding hydrogens is 494 g/mol. The van der Waals surface area contributed by atoms with Gasteiger partial charge in [0, 0.05) is 22.8 Å². The van der Waals surface area contributed by atoms with Gasteiger partial charge in [-0.1, -0.05) is 60.2 Å². The first-order valence-corrected chi connectivity index (χ1v) is 13.3. The van der Waals surface area contributed by atoms with E-state index in [4.69, 9.17) is 4.74 Å². The smallest absolute Gasteiger partial charge is 0.271 e. The Labute approximate surface area is 227 Å². The zero-order valence-electron chi connectivity index (χ0n) is 21.1. The third kappa shape index (κ3) is 8.64. The molecule has 0 radical (unpaired) electrons. The number of nitrogens with one attached hydrogen (secondary N) is 2. The van der Waals surface area contributed by atoms with E-state index in [0.29, 0.717) is 11.3 Å². The van der Waals surface area contributed by atoms with Crippen LogP contribution in [-0.2, 0) is 16.3 Å². The number of nitrogens with zero attached hydrogens (tertiary/aromatic N) is 1. The minimum atomic E-state index is -0.274. The van der Waals surface area contributed by atoms with Crippen molar-refractivity contribution in [1.82, 2.24) is 5.43 Å². The average Bonchev–Trinajstić information content (AvgIpc) is 2.95. The molecule has 0 saturated carbocycles. The predicted molar refractivity (Wildman–Crippen MR) is 155 cm³/mol. The van der Waals surface area contributed by atoms with E-state index >= 15 is 0 Å². The fraction of sp³-hybridized carbons (Fsp3) is 0.129. The summed E-state index contributed by atoms with van der Waals surface area (Å²) < 4.78 is 5.55. The van der Waals surface area contributed by atoms with Gasteiger partial charge in [0.25, 0.3) is 11.8 Å². The number of hydrazone groups is 1. The molecule has 0 atom stereocenters. The largest absolute Gasteiger partial charge is 0.484 e. The Morgan fingerprint density at radius 2 is 1.47 bits per heavy atom. The van der Waals surface area contributed by atoms with Crippen LogP contribution >= 0.6 is 11.8 Å². The number of aryl methyl sites for hydroxylation is 1. The number of hydrogen-bond donors (Lipinski definition) is 2. The minimum Gasteiger partial charge on any atom is -0.484 e. The van der Waals surface area contributed by atoms with Crippen molar-refractivity contribution in [3.8, 4) is 5.75 Å². The topological polar surface area (TPSA) is 79.8 Å². The van der Waals surface area contributed by atoms with Gasteiger partial charge in [-0.3, -0.25) is 9.59 Å². The van der Waals surface area contributed by atoms with Crippen LogP contribution in [-0.4, -0.2) is 24.6 Å². The van der Waals surface area contributed by atoms with Crippen LogP contribution < -0.4 is 15.5 Å². The lowest BCUT2D eigenvalue weighted by atomic mass is 10.1. The first kappa shape index (κ1) is 26.7. The van der Waals surface area contributed by atoms with Crippen molar-refractivity contribution in [2.24, 2.45) is 5.10 Å². The Morgan fingerprint density at radius 1 is 0.816 bits per heavy atom. The number of hydrogen-bond acceptors (Lipinski definition) is 5. The van der Waals surface area contributed by atoms with Gasteiger partial charge in [-0.2, -0.15) is 16.9 Å². The van der Waals surface area contributed by atoms with Crippen LogP contribution in [0.4, 0.5) is 5.69 Å². The van der Waals surface area contributed by atoms with E-state index in [9.17, 15) is 9.59 Å². The molecular formula is C31H29N3O3S. The average molecular weight is 524 g/mol. The van der Waals surface area contributed by atoms with Crippen molar-refractivity contribution in [3.63, 3.8) is 0 Å². The molecule has 7 heteroatoms. The van der Waals surface area contributed by atoms with Crippen molar-refractivity contribution < 1.29 is 14.3 Å². The molecule has 2 N–H and O–H groups in total. The molecule has 4 rings (SSSR count). The predicted octanol–water partition coefficient (Wildman–Crippen LogP) is 6.21. The van der Waals surface area contributed by atoms with Gasteiger partial charge >= 0.3 is 0 Å². The van der Waals surface area contributed by atoms with Crippen LogP contribution in [0.25, 0.3) is 0 Å². The third-order valence-corrected chi connectivity index (χ3v) is 6.64. The number of carbonyl (C=O) groups is 2. The van der Waals surface area contributed by atoms with E-state index in [1.807, 2.05) is 85.4 Å². The number of anilines is 1. The number of rotatable bonds is 11. The van der Waals surface area contributed by atoms with Crippen LogP contribution in [0.1, 0.15) is 32.6 Å². The Hall–Kier alpha value is -4.36. The van der Waals surface area contributed by atoms with Gasteiger partial charge in [-0.15, -0.1) is 0 Å². The van der Waals surface area contributed by atoms with E-state index in [0.717, 1.165) is 28.3 Å². The molecule has 0 fully saturated rings. The van der Waals surface area contributed by atoms with Crippen molar-refractivity contribution in [1.29, 1.82) is 0 Å². The highest BCUT2D eigenvalue weighted by Crippen LogP contribution is 2.18. The van der Waals surface area contributed by atoms with Crippen LogP contribution in [0.5, 0.6) is 5.75 Å². The molecule has 192 valence electrons. The van der Waals surface area contributed by atoms with E-state index < -0.39 is 0 Å².